The van der Waals surface area contributed by atoms with Gasteiger partial charge in [0.05, 0.1) is 18.8 Å². The van der Waals surface area contributed by atoms with Crippen molar-refractivity contribution in [1.82, 2.24) is 14.9 Å². The summed E-state index contributed by atoms with van der Waals surface area (Å²) in [7, 11) is 0. The minimum Gasteiger partial charge on any atom is -0.444 e. The minimum atomic E-state index is -0.495. The Kier molecular flexibility index (Phi) is 4.08. The lowest BCUT2D eigenvalue weighted by molar-refractivity contribution is 0.0240. The lowest BCUT2D eigenvalue weighted by atomic mass is 10.2. The lowest BCUT2D eigenvalue weighted by Crippen LogP contribution is -2.33. The smallest absolute Gasteiger partial charge is 0.410 e. The molecule has 7 heteroatoms. The second-order valence-electron chi connectivity index (χ2n) is 5.72. The molecule has 0 atom stereocenters. The van der Waals surface area contributed by atoms with Crippen LogP contribution in [0.15, 0.2) is 6.20 Å². The molecule has 20 heavy (non-hydrogen) atoms. The second-order valence-corrected chi connectivity index (χ2v) is 5.72. The van der Waals surface area contributed by atoms with Crippen LogP contribution in [0.2, 0.25) is 0 Å². The number of anilines is 1. The van der Waals surface area contributed by atoms with Gasteiger partial charge in [0.15, 0.2) is 0 Å². The van der Waals surface area contributed by atoms with E-state index in [0.29, 0.717) is 32.1 Å². The van der Waals surface area contributed by atoms with E-state index in [4.69, 9.17) is 10.5 Å². The van der Waals surface area contributed by atoms with Gasteiger partial charge < -0.3 is 15.8 Å². The average Bonchev–Trinajstić information content (AvgIpc) is 2.77. The Balaban J connectivity index is 2.02. The van der Waals surface area contributed by atoms with E-state index < -0.39 is 5.60 Å². The molecule has 1 amide bonds. The maximum absolute atomic E-state index is 12.0. The topological polar surface area (TPSA) is 93.4 Å². The van der Waals surface area contributed by atoms with Crippen molar-refractivity contribution in [2.24, 2.45) is 5.73 Å². The van der Waals surface area contributed by atoms with Crippen LogP contribution in [-0.4, -0.2) is 39.7 Å². The van der Waals surface area contributed by atoms with Crippen molar-refractivity contribution in [2.75, 3.05) is 18.4 Å². The number of aromatic nitrogens is 2. The van der Waals surface area contributed by atoms with Gasteiger partial charge in [-0.25, -0.2) is 14.8 Å². The van der Waals surface area contributed by atoms with Crippen molar-refractivity contribution >= 4 is 12.0 Å². The van der Waals surface area contributed by atoms with Crippen LogP contribution in [0.5, 0.6) is 0 Å². The third-order valence-corrected chi connectivity index (χ3v) is 2.74. The van der Waals surface area contributed by atoms with E-state index in [-0.39, 0.29) is 6.09 Å². The molecule has 1 aliphatic rings. The number of hydrogen-bond acceptors (Lipinski definition) is 6. The zero-order valence-electron chi connectivity index (χ0n) is 12.1. The summed E-state index contributed by atoms with van der Waals surface area (Å²) in [5.41, 5.74) is 6.73. The Labute approximate surface area is 118 Å². The van der Waals surface area contributed by atoms with Crippen LogP contribution in [0.25, 0.3) is 0 Å². The van der Waals surface area contributed by atoms with Crippen LogP contribution < -0.4 is 11.1 Å². The molecule has 3 N–H and O–H groups in total. The zero-order valence-corrected chi connectivity index (χ0v) is 12.1. The van der Waals surface area contributed by atoms with Gasteiger partial charge in [-0.3, -0.25) is 4.90 Å². The molecule has 1 aliphatic heterocycles. The molecule has 1 aromatic rings. The molecule has 7 nitrogen and oxygen atoms in total. The van der Waals surface area contributed by atoms with E-state index in [1.165, 1.54) is 0 Å². The van der Waals surface area contributed by atoms with Crippen LogP contribution in [0, 0.1) is 0 Å². The van der Waals surface area contributed by atoms with Crippen molar-refractivity contribution in [3.63, 3.8) is 0 Å². The molecule has 0 radical (unpaired) electrons. The molecular weight excluding hydrogens is 258 g/mol. The quantitative estimate of drug-likeness (QED) is 0.860. The van der Waals surface area contributed by atoms with Gasteiger partial charge in [-0.05, 0) is 20.8 Å². The van der Waals surface area contributed by atoms with Gasteiger partial charge in [-0.15, -0.1) is 0 Å². The van der Waals surface area contributed by atoms with Crippen molar-refractivity contribution in [3.05, 3.63) is 17.5 Å². The highest BCUT2D eigenvalue weighted by molar-refractivity contribution is 5.69. The molecule has 0 spiro atoms. The van der Waals surface area contributed by atoms with Crippen LogP contribution >= 0.6 is 0 Å². The van der Waals surface area contributed by atoms with Gasteiger partial charge in [0.25, 0.3) is 0 Å². The summed E-state index contributed by atoms with van der Waals surface area (Å²) < 4.78 is 5.35. The average molecular weight is 279 g/mol. The van der Waals surface area contributed by atoms with Gasteiger partial charge in [0.1, 0.15) is 5.60 Å². The first-order valence-corrected chi connectivity index (χ1v) is 6.66. The molecule has 0 aliphatic carbocycles. The molecule has 2 heterocycles. The maximum Gasteiger partial charge on any atom is 0.410 e. The standard InChI is InChI=1S/C13H21N5O2/c1-13(2,3)20-12(19)18-7-9-6-16-11(15-5-4-14)17-10(9)8-18/h6H,4-5,7-8,14H2,1-3H3,(H,15,16,17). The fraction of sp³-hybridized carbons (Fsp3) is 0.615. The maximum atomic E-state index is 12.0. The number of carbonyl (C=O) groups excluding carboxylic acids is 1. The first-order chi connectivity index (χ1) is 9.39. The fourth-order valence-electron chi connectivity index (χ4n) is 1.88. The van der Waals surface area contributed by atoms with Crippen LogP contribution in [0.1, 0.15) is 32.0 Å². The fourth-order valence-corrected chi connectivity index (χ4v) is 1.88. The predicted octanol–water partition coefficient (Wildman–Crippen LogP) is 1.10. The number of nitrogens with two attached hydrogens (primary N) is 1. The summed E-state index contributed by atoms with van der Waals surface area (Å²) in [5, 5.41) is 3.02. The Hall–Kier alpha value is -1.89. The van der Waals surface area contributed by atoms with E-state index in [1.54, 1.807) is 11.1 Å². The number of rotatable bonds is 3. The summed E-state index contributed by atoms with van der Waals surface area (Å²) in [4.78, 5) is 22.2. The van der Waals surface area contributed by atoms with Crippen molar-refractivity contribution in [1.29, 1.82) is 0 Å². The number of nitrogens with zero attached hydrogens (tertiary/aromatic N) is 3. The van der Waals surface area contributed by atoms with Crippen molar-refractivity contribution in [2.45, 2.75) is 39.5 Å². The number of hydrogen-bond donors (Lipinski definition) is 2. The van der Waals surface area contributed by atoms with Gasteiger partial charge >= 0.3 is 6.09 Å². The van der Waals surface area contributed by atoms with Gasteiger partial charge in [0, 0.05) is 24.8 Å². The highest BCUT2D eigenvalue weighted by Crippen LogP contribution is 2.23. The normalized spacial score (nSPS) is 14.1. The van der Waals surface area contributed by atoms with E-state index in [2.05, 4.69) is 15.3 Å². The lowest BCUT2D eigenvalue weighted by Gasteiger charge is -2.23. The summed E-state index contributed by atoms with van der Waals surface area (Å²) in [6.07, 6.45) is 1.41. The first-order valence-electron chi connectivity index (χ1n) is 6.66. The third-order valence-electron chi connectivity index (χ3n) is 2.74. The van der Waals surface area contributed by atoms with Gasteiger partial charge in [-0.1, -0.05) is 0 Å². The molecule has 2 rings (SSSR count). The summed E-state index contributed by atoms with van der Waals surface area (Å²) in [5.74, 6) is 0.542. The van der Waals surface area contributed by atoms with Crippen LogP contribution in [-0.2, 0) is 17.8 Å². The molecule has 110 valence electrons. The minimum absolute atomic E-state index is 0.327. The second kappa shape index (κ2) is 5.62. The molecular formula is C13H21N5O2. The third kappa shape index (κ3) is 3.57. The molecule has 0 saturated heterocycles. The molecule has 0 fully saturated rings. The monoisotopic (exact) mass is 279 g/mol. The molecule has 0 saturated carbocycles. The van der Waals surface area contributed by atoms with Gasteiger partial charge in [-0.2, -0.15) is 0 Å². The van der Waals surface area contributed by atoms with E-state index in [0.717, 1.165) is 11.3 Å². The van der Waals surface area contributed by atoms with Crippen molar-refractivity contribution in [3.8, 4) is 0 Å². The SMILES string of the molecule is CC(C)(C)OC(=O)N1Cc2cnc(NCCN)nc2C1. The number of nitrogens with one attached hydrogen (secondary N) is 1. The van der Waals surface area contributed by atoms with Crippen LogP contribution in [0.3, 0.4) is 0 Å². The first kappa shape index (κ1) is 14.5. The Morgan fingerprint density at radius 1 is 1.50 bits per heavy atom. The Morgan fingerprint density at radius 3 is 2.90 bits per heavy atom. The number of fused-ring (bicyclic) bond motifs is 1. The molecule has 0 aromatic carbocycles. The van der Waals surface area contributed by atoms with Gasteiger partial charge in [0.2, 0.25) is 5.95 Å². The van der Waals surface area contributed by atoms with Crippen molar-refractivity contribution < 1.29 is 9.53 Å². The highest BCUT2D eigenvalue weighted by atomic mass is 16.6. The molecule has 0 bridgehead atoms. The largest absolute Gasteiger partial charge is 0.444 e. The highest BCUT2D eigenvalue weighted by Gasteiger charge is 2.29. The Bertz CT molecular complexity index is 498. The van der Waals surface area contributed by atoms with Crippen LogP contribution in [0.4, 0.5) is 10.7 Å². The number of amides is 1. The molecule has 1 aromatic heterocycles. The summed E-state index contributed by atoms with van der Waals surface area (Å²) >= 11 is 0. The van der Waals surface area contributed by atoms with E-state index >= 15 is 0 Å². The molecule has 0 unspecified atom stereocenters. The number of ether oxygens (including phenoxy) is 1. The zero-order chi connectivity index (χ0) is 14.8. The van der Waals surface area contributed by atoms with E-state index in [9.17, 15) is 4.79 Å². The summed E-state index contributed by atoms with van der Waals surface area (Å²) in [6, 6.07) is 0. The van der Waals surface area contributed by atoms with E-state index in [1.807, 2.05) is 20.8 Å². The number of carbonyl (C=O) groups is 1. The Morgan fingerprint density at radius 2 is 2.25 bits per heavy atom. The summed E-state index contributed by atoms with van der Waals surface area (Å²) in [6.45, 7) is 7.62. The predicted molar refractivity (Wildman–Crippen MR) is 75.1 cm³/mol.